The second-order valence-electron chi connectivity index (χ2n) is 4.57. The molecule has 0 atom stereocenters. The first-order chi connectivity index (χ1) is 8.15. The Labute approximate surface area is 115 Å². The van der Waals surface area contributed by atoms with Crippen LogP contribution in [0.25, 0.3) is 0 Å². The molecule has 0 bridgehead atoms. The van der Waals surface area contributed by atoms with E-state index in [-0.39, 0.29) is 5.41 Å². The van der Waals surface area contributed by atoms with Crippen molar-refractivity contribution in [2.45, 2.75) is 33.2 Å². The van der Waals surface area contributed by atoms with Crippen LogP contribution in [0.3, 0.4) is 0 Å². The summed E-state index contributed by atoms with van der Waals surface area (Å²) in [5.41, 5.74) is 1.44. The Kier molecular flexibility index (Phi) is 6.32. The van der Waals surface area contributed by atoms with Gasteiger partial charge in [-0.25, -0.2) is 0 Å². The average molecular weight is 274 g/mol. The summed E-state index contributed by atoms with van der Waals surface area (Å²) in [6, 6.07) is 7.95. The van der Waals surface area contributed by atoms with Crippen LogP contribution in [-0.2, 0) is 6.54 Å². The van der Waals surface area contributed by atoms with E-state index in [9.17, 15) is 0 Å². The highest BCUT2D eigenvalue weighted by Gasteiger charge is 2.24. The van der Waals surface area contributed by atoms with Crippen LogP contribution in [0.15, 0.2) is 24.3 Å². The first-order valence-electron chi connectivity index (χ1n) is 6.17. The number of halogens is 2. The van der Waals surface area contributed by atoms with E-state index < -0.39 is 0 Å². The van der Waals surface area contributed by atoms with Crippen LogP contribution in [0.5, 0.6) is 0 Å². The number of hydrogen-bond donors (Lipinski definition) is 1. The quantitative estimate of drug-likeness (QED) is 0.723. The lowest BCUT2D eigenvalue weighted by Gasteiger charge is -2.29. The van der Waals surface area contributed by atoms with Gasteiger partial charge in [0.05, 0.1) is 0 Å². The lowest BCUT2D eigenvalue weighted by atomic mass is 9.84. The lowest BCUT2D eigenvalue weighted by Crippen LogP contribution is -2.34. The summed E-state index contributed by atoms with van der Waals surface area (Å²) in [5, 5.41) is 4.27. The van der Waals surface area contributed by atoms with Crippen molar-refractivity contribution in [2.24, 2.45) is 5.41 Å². The van der Waals surface area contributed by atoms with E-state index in [0.29, 0.717) is 5.88 Å². The Morgan fingerprint density at radius 1 is 1.24 bits per heavy atom. The molecule has 0 saturated heterocycles. The summed E-state index contributed by atoms with van der Waals surface area (Å²) in [6.07, 6.45) is 2.21. The van der Waals surface area contributed by atoms with Gasteiger partial charge in [0.1, 0.15) is 0 Å². The third-order valence-corrected chi connectivity index (χ3v) is 4.30. The summed E-state index contributed by atoms with van der Waals surface area (Å²) in [7, 11) is 0. The third kappa shape index (κ3) is 4.50. The topological polar surface area (TPSA) is 12.0 Å². The molecule has 0 amide bonds. The summed E-state index contributed by atoms with van der Waals surface area (Å²) in [4.78, 5) is 0. The molecular formula is C14H21Cl2N. The van der Waals surface area contributed by atoms with Crippen molar-refractivity contribution in [1.29, 1.82) is 0 Å². The molecule has 96 valence electrons. The van der Waals surface area contributed by atoms with E-state index in [1.807, 2.05) is 18.2 Å². The fourth-order valence-electron chi connectivity index (χ4n) is 1.86. The average Bonchev–Trinajstić information content (AvgIpc) is 2.35. The minimum Gasteiger partial charge on any atom is -0.312 e. The minimum atomic E-state index is 0.222. The van der Waals surface area contributed by atoms with Crippen LogP contribution < -0.4 is 5.32 Å². The number of hydrogen-bond acceptors (Lipinski definition) is 1. The highest BCUT2D eigenvalue weighted by atomic mass is 35.5. The van der Waals surface area contributed by atoms with Gasteiger partial charge >= 0.3 is 0 Å². The molecule has 0 saturated carbocycles. The molecule has 0 aliphatic rings. The van der Waals surface area contributed by atoms with E-state index in [2.05, 4.69) is 25.2 Å². The van der Waals surface area contributed by atoms with E-state index in [0.717, 1.165) is 31.0 Å². The Hall–Kier alpha value is -0.240. The van der Waals surface area contributed by atoms with Gasteiger partial charge in [0.2, 0.25) is 0 Å². The Morgan fingerprint density at radius 3 is 2.47 bits per heavy atom. The van der Waals surface area contributed by atoms with Crippen molar-refractivity contribution in [3.8, 4) is 0 Å². The van der Waals surface area contributed by atoms with Gasteiger partial charge in [-0.1, -0.05) is 37.6 Å². The van der Waals surface area contributed by atoms with E-state index >= 15 is 0 Å². The molecule has 1 aromatic carbocycles. The lowest BCUT2D eigenvalue weighted by molar-refractivity contribution is 0.286. The second kappa shape index (κ2) is 7.25. The van der Waals surface area contributed by atoms with Gasteiger partial charge in [-0.3, -0.25) is 0 Å². The zero-order chi connectivity index (χ0) is 12.7. The molecule has 0 spiro atoms. The molecule has 3 heteroatoms. The molecular weight excluding hydrogens is 253 g/mol. The van der Waals surface area contributed by atoms with Crippen LogP contribution in [-0.4, -0.2) is 12.4 Å². The van der Waals surface area contributed by atoms with Gasteiger partial charge in [-0.2, -0.15) is 0 Å². The van der Waals surface area contributed by atoms with Crippen LogP contribution in [0.2, 0.25) is 5.02 Å². The normalized spacial score (nSPS) is 11.8. The van der Waals surface area contributed by atoms with Crippen molar-refractivity contribution in [3.63, 3.8) is 0 Å². The zero-order valence-corrected chi connectivity index (χ0v) is 12.1. The van der Waals surface area contributed by atoms with E-state index in [4.69, 9.17) is 23.2 Å². The largest absolute Gasteiger partial charge is 0.312 e. The predicted octanol–water partition coefficient (Wildman–Crippen LogP) is 4.47. The Balaban J connectivity index is 2.46. The maximum absolute atomic E-state index is 6.07. The molecule has 0 unspecified atom stereocenters. The molecule has 0 fully saturated rings. The van der Waals surface area contributed by atoms with Crippen molar-refractivity contribution in [2.75, 3.05) is 12.4 Å². The molecule has 1 aromatic rings. The molecule has 0 aliphatic heterocycles. The van der Waals surface area contributed by atoms with Crippen LogP contribution in [0.1, 0.15) is 32.3 Å². The van der Waals surface area contributed by atoms with Crippen LogP contribution in [0, 0.1) is 5.41 Å². The maximum atomic E-state index is 6.07. The van der Waals surface area contributed by atoms with Crippen molar-refractivity contribution in [1.82, 2.24) is 5.32 Å². The molecule has 17 heavy (non-hydrogen) atoms. The fourth-order valence-corrected chi connectivity index (χ4v) is 2.54. The van der Waals surface area contributed by atoms with Gasteiger partial charge in [-0.05, 0) is 36.0 Å². The first kappa shape index (κ1) is 14.8. The van der Waals surface area contributed by atoms with Crippen molar-refractivity contribution in [3.05, 3.63) is 34.9 Å². The molecule has 1 rings (SSSR count). The van der Waals surface area contributed by atoms with Crippen LogP contribution >= 0.6 is 23.2 Å². The van der Waals surface area contributed by atoms with E-state index in [1.54, 1.807) is 0 Å². The van der Waals surface area contributed by atoms with Gasteiger partial charge < -0.3 is 5.32 Å². The van der Waals surface area contributed by atoms with Crippen LogP contribution in [0.4, 0.5) is 0 Å². The number of nitrogens with one attached hydrogen (secondary N) is 1. The highest BCUT2D eigenvalue weighted by molar-refractivity contribution is 6.30. The Bertz CT molecular complexity index is 326. The molecule has 1 nitrogen and oxygen atoms in total. The molecule has 0 aromatic heterocycles. The zero-order valence-electron chi connectivity index (χ0n) is 10.6. The van der Waals surface area contributed by atoms with Gasteiger partial charge in [-0.15, -0.1) is 11.6 Å². The van der Waals surface area contributed by atoms with Crippen molar-refractivity contribution < 1.29 is 0 Å². The number of alkyl halides is 1. The summed E-state index contributed by atoms with van der Waals surface area (Å²) in [5.74, 6) is 0.711. The van der Waals surface area contributed by atoms with Gasteiger partial charge in [0, 0.05) is 24.0 Å². The molecule has 0 radical (unpaired) electrons. The van der Waals surface area contributed by atoms with Gasteiger partial charge in [0.15, 0.2) is 0 Å². The summed E-state index contributed by atoms with van der Waals surface area (Å²) >= 11 is 12.0. The monoisotopic (exact) mass is 273 g/mol. The predicted molar refractivity (Wildman–Crippen MR) is 76.9 cm³/mol. The first-order valence-corrected chi connectivity index (χ1v) is 7.08. The third-order valence-electron chi connectivity index (χ3n) is 3.50. The Morgan fingerprint density at radius 2 is 1.94 bits per heavy atom. The molecule has 1 N–H and O–H groups in total. The van der Waals surface area contributed by atoms with Gasteiger partial charge in [0.25, 0.3) is 0 Å². The molecule has 0 aliphatic carbocycles. The fraction of sp³-hybridized carbons (Fsp3) is 0.571. The molecule has 0 heterocycles. The second-order valence-corrected chi connectivity index (χ2v) is 5.28. The number of rotatable bonds is 7. The highest BCUT2D eigenvalue weighted by Crippen LogP contribution is 2.27. The maximum Gasteiger partial charge on any atom is 0.0409 e. The van der Waals surface area contributed by atoms with E-state index in [1.165, 1.54) is 5.56 Å². The SMILES string of the molecule is CCC(CC)(CCl)CNCc1cccc(Cl)c1. The minimum absolute atomic E-state index is 0.222. The smallest absolute Gasteiger partial charge is 0.0409 e. The summed E-state index contributed by atoms with van der Waals surface area (Å²) in [6.45, 7) is 6.20. The van der Waals surface area contributed by atoms with Crippen molar-refractivity contribution >= 4 is 23.2 Å². The standard InChI is InChI=1S/C14H21Cl2N/c1-3-14(4-2,10-15)11-17-9-12-6-5-7-13(16)8-12/h5-8,17H,3-4,9-11H2,1-2H3. The summed E-state index contributed by atoms with van der Waals surface area (Å²) < 4.78 is 0. The number of benzene rings is 1.